The fourth-order valence-electron chi connectivity index (χ4n) is 5.19. The van der Waals surface area contributed by atoms with Gasteiger partial charge >= 0.3 is 6.09 Å². The molecule has 1 saturated carbocycles. The number of fused-ring (bicyclic) bond motifs is 4. The number of carboxylic acid groups (broad SMARTS) is 1. The zero-order valence-electron chi connectivity index (χ0n) is 19.6. The Morgan fingerprint density at radius 1 is 1.17 bits per heavy atom. The first-order valence-electron chi connectivity index (χ1n) is 11.9. The maximum absolute atomic E-state index is 14.9. The van der Waals surface area contributed by atoms with Gasteiger partial charge in [0.15, 0.2) is 0 Å². The summed E-state index contributed by atoms with van der Waals surface area (Å²) in [6.45, 7) is 0.931. The summed E-state index contributed by atoms with van der Waals surface area (Å²) in [7, 11) is 1.63. The number of nitrogens with zero attached hydrogens (tertiary/aromatic N) is 2. The fourth-order valence-corrected chi connectivity index (χ4v) is 5.19. The highest BCUT2D eigenvalue weighted by Crippen LogP contribution is 2.46. The van der Waals surface area contributed by atoms with Gasteiger partial charge in [0.2, 0.25) is 0 Å². The van der Waals surface area contributed by atoms with Crippen LogP contribution in [0.15, 0.2) is 42.6 Å². The number of benzene rings is 1. The van der Waals surface area contributed by atoms with Gasteiger partial charge in [0.1, 0.15) is 17.4 Å². The Kier molecular flexibility index (Phi) is 6.19. The lowest BCUT2D eigenvalue weighted by molar-refractivity contribution is -0.162. The number of nitrogens with one attached hydrogen (secondary N) is 2. The van der Waals surface area contributed by atoms with Gasteiger partial charge in [-0.2, -0.15) is 0 Å². The van der Waals surface area contributed by atoms with Crippen LogP contribution >= 0.6 is 0 Å². The Morgan fingerprint density at radius 3 is 2.60 bits per heavy atom. The molecule has 0 unspecified atom stereocenters. The summed E-state index contributed by atoms with van der Waals surface area (Å²) in [5.41, 5.74) is 1.96. The zero-order valence-corrected chi connectivity index (χ0v) is 19.6. The van der Waals surface area contributed by atoms with Gasteiger partial charge in [0.05, 0.1) is 42.1 Å². The summed E-state index contributed by atoms with van der Waals surface area (Å²) < 4.78 is 26.3. The summed E-state index contributed by atoms with van der Waals surface area (Å²) in [6, 6.07) is 11.5. The smallest absolute Gasteiger partial charge is 0.405 e. The maximum atomic E-state index is 14.9. The van der Waals surface area contributed by atoms with E-state index in [1.807, 2.05) is 36.4 Å². The van der Waals surface area contributed by atoms with E-state index in [9.17, 15) is 9.18 Å². The lowest BCUT2D eigenvalue weighted by Crippen LogP contribution is -2.62. The number of amides is 1. The number of anilines is 1. The molecule has 3 N–H and O–H groups in total. The molecule has 35 heavy (non-hydrogen) atoms. The Hall–Kier alpha value is -3.46. The number of hydrogen-bond acceptors (Lipinski definition) is 6. The quantitative estimate of drug-likeness (QED) is 0.430. The van der Waals surface area contributed by atoms with Crippen molar-refractivity contribution in [2.24, 2.45) is 0 Å². The molecule has 3 fully saturated rings. The highest BCUT2D eigenvalue weighted by molar-refractivity contribution is 5.79. The van der Waals surface area contributed by atoms with Crippen LogP contribution in [0.3, 0.4) is 0 Å². The minimum atomic E-state index is -1.02. The number of aryl methyl sites for hydroxylation is 1. The molecule has 2 saturated heterocycles. The summed E-state index contributed by atoms with van der Waals surface area (Å²) in [5.74, 6) is 1.07. The standard InChI is InChI=1S/C26H29FN4O4/c1-34-18-4-2-17(3-5-18)14-29-22-7-6-21-23(30-22)19(20(27)15-28-21)8-9-26-12-10-25(11-13-26,16-35-26)31-24(32)33/h2-7,15,31H,8-14,16H2,1H3,(H,29,30)(H,32,33). The van der Waals surface area contributed by atoms with Crippen molar-refractivity contribution in [3.05, 3.63) is 59.5 Å². The van der Waals surface area contributed by atoms with Crippen molar-refractivity contribution in [2.45, 2.75) is 56.2 Å². The summed E-state index contributed by atoms with van der Waals surface area (Å²) in [5, 5.41) is 15.1. The molecule has 8 nitrogen and oxygen atoms in total. The van der Waals surface area contributed by atoms with Gasteiger partial charge in [0, 0.05) is 12.1 Å². The van der Waals surface area contributed by atoms with Crippen molar-refractivity contribution in [3.63, 3.8) is 0 Å². The Bertz CT molecular complexity index is 1210. The molecule has 1 amide bonds. The van der Waals surface area contributed by atoms with Crippen LogP contribution in [0.5, 0.6) is 5.75 Å². The van der Waals surface area contributed by atoms with Gasteiger partial charge in [-0.25, -0.2) is 14.2 Å². The second-order valence-corrected chi connectivity index (χ2v) is 9.53. The minimum absolute atomic E-state index is 0.353. The van der Waals surface area contributed by atoms with Crippen molar-refractivity contribution < 1.29 is 23.8 Å². The van der Waals surface area contributed by atoms with Gasteiger partial charge in [0.25, 0.3) is 0 Å². The van der Waals surface area contributed by atoms with Crippen molar-refractivity contribution in [2.75, 3.05) is 19.0 Å². The third-order valence-corrected chi connectivity index (χ3v) is 7.37. The van der Waals surface area contributed by atoms with E-state index in [4.69, 9.17) is 19.6 Å². The van der Waals surface area contributed by atoms with Gasteiger partial charge in [-0.3, -0.25) is 4.98 Å². The number of halogens is 1. The SMILES string of the molecule is COc1ccc(CNc2ccc3ncc(F)c(CCC45CCC(NC(=O)O)(CC4)CO5)c3n2)cc1. The molecule has 1 aliphatic carbocycles. The molecule has 184 valence electrons. The van der Waals surface area contributed by atoms with E-state index in [0.717, 1.165) is 37.0 Å². The van der Waals surface area contributed by atoms with E-state index in [1.165, 1.54) is 6.20 Å². The average molecular weight is 481 g/mol. The molecule has 0 spiro atoms. The van der Waals surface area contributed by atoms with E-state index in [2.05, 4.69) is 15.6 Å². The number of pyridine rings is 2. The van der Waals surface area contributed by atoms with Crippen LogP contribution in [0.1, 0.15) is 43.2 Å². The van der Waals surface area contributed by atoms with Crippen LogP contribution in [-0.4, -0.2) is 46.0 Å². The first kappa shape index (κ1) is 23.3. The van der Waals surface area contributed by atoms with E-state index in [0.29, 0.717) is 48.4 Å². The molecule has 0 radical (unpaired) electrons. The number of carbonyl (C=O) groups is 1. The Balaban J connectivity index is 1.30. The molecule has 6 rings (SSSR count). The maximum Gasteiger partial charge on any atom is 0.405 e. The summed E-state index contributed by atoms with van der Waals surface area (Å²) in [4.78, 5) is 20.1. The van der Waals surface area contributed by atoms with Gasteiger partial charge in [-0.15, -0.1) is 0 Å². The molecule has 2 aliphatic heterocycles. The second-order valence-electron chi connectivity index (χ2n) is 9.53. The first-order valence-corrected chi connectivity index (χ1v) is 11.9. The normalized spacial score (nSPS) is 23.3. The molecule has 2 bridgehead atoms. The van der Waals surface area contributed by atoms with E-state index in [-0.39, 0.29) is 11.4 Å². The number of ether oxygens (including phenoxy) is 2. The first-order chi connectivity index (χ1) is 16.9. The molecular formula is C26H29FN4O4. The number of rotatable bonds is 8. The van der Waals surface area contributed by atoms with E-state index < -0.39 is 11.6 Å². The largest absolute Gasteiger partial charge is 0.497 e. The summed E-state index contributed by atoms with van der Waals surface area (Å²) >= 11 is 0. The topological polar surface area (TPSA) is 106 Å². The van der Waals surface area contributed by atoms with E-state index in [1.54, 1.807) is 7.11 Å². The fraction of sp³-hybridized carbons (Fsp3) is 0.423. The van der Waals surface area contributed by atoms with Crippen molar-refractivity contribution >= 4 is 22.9 Å². The molecule has 9 heteroatoms. The molecule has 3 aromatic rings. The van der Waals surface area contributed by atoms with Crippen LogP contribution in [0.4, 0.5) is 15.0 Å². The van der Waals surface area contributed by atoms with Gasteiger partial charge < -0.3 is 25.2 Å². The highest BCUT2D eigenvalue weighted by Gasteiger charge is 2.50. The predicted octanol–water partition coefficient (Wildman–Crippen LogP) is 4.67. The average Bonchev–Trinajstić information content (AvgIpc) is 2.88. The zero-order chi connectivity index (χ0) is 24.5. The molecule has 3 aliphatic rings. The third kappa shape index (κ3) is 4.86. The Morgan fingerprint density at radius 2 is 1.94 bits per heavy atom. The highest BCUT2D eigenvalue weighted by atomic mass is 19.1. The molecule has 1 aromatic carbocycles. The van der Waals surface area contributed by atoms with Crippen LogP contribution in [0.2, 0.25) is 0 Å². The number of hydrogen-bond donors (Lipinski definition) is 3. The molecule has 4 heterocycles. The van der Waals surface area contributed by atoms with Gasteiger partial charge in [-0.05, 0) is 68.4 Å². The monoisotopic (exact) mass is 480 g/mol. The third-order valence-electron chi connectivity index (χ3n) is 7.37. The second kappa shape index (κ2) is 9.30. The van der Waals surface area contributed by atoms with Crippen molar-refractivity contribution in [1.82, 2.24) is 15.3 Å². The van der Waals surface area contributed by atoms with Crippen molar-refractivity contribution in [3.8, 4) is 5.75 Å². The van der Waals surface area contributed by atoms with E-state index >= 15 is 0 Å². The molecule has 2 aromatic heterocycles. The number of methoxy groups -OCH3 is 1. The predicted molar refractivity (Wildman–Crippen MR) is 129 cm³/mol. The minimum Gasteiger partial charge on any atom is -0.497 e. The lowest BCUT2D eigenvalue weighted by atomic mass is 9.69. The summed E-state index contributed by atoms with van der Waals surface area (Å²) in [6.07, 6.45) is 4.33. The molecule has 0 atom stereocenters. The van der Waals surface area contributed by atoms with Gasteiger partial charge in [-0.1, -0.05) is 12.1 Å². The van der Waals surface area contributed by atoms with Crippen LogP contribution in [-0.2, 0) is 17.7 Å². The van der Waals surface area contributed by atoms with Crippen LogP contribution in [0.25, 0.3) is 11.0 Å². The van der Waals surface area contributed by atoms with Crippen LogP contribution < -0.4 is 15.4 Å². The van der Waals surface area contributed by atoms with Crippen molar-refractivity contribution in [1.29, 1.82) is 0 Å². The number of aromatic nitrogens is 2. The van der Waals surface area contributed by atoms with Crippen LogP contribution in [0, 0.1) is 5.82 Å². The Labute approximate surface area is 202 Å². The molecular weight excluding hydrogens is 451 g/mol. The lowest BCUT2D eigenvalue weighted by Gasteiger charge is -2.53.